The van der Waals surface area contributed by atoms with Gasteiger partial charge in [0.25, 0.3) is 0 Å². The molecule has 0 aromatic heterocycles. The first-order chi connectivity index (χ1) is 6.04. The van der Waals surface area contributed by atoms with E-state index in [1.54, 1.807) is 19.1 Å². The average molecular weight is 198 g/mol. The zero-order valence-corrected chi connectivity index (χ0v) is 7.95. The summed E-state index contributed by atoms with van der Waals surface area (Å²) in [6.45, 7) is 1.77. The highest BCUT2D eigenvalue weighted by molar-refractivity contribution is 7.80. The summed E-state index contributed by atoms with van der Waals surface area (Å²) in [6.07, 6.45) is 0. The van der Waals surface area contributed by atoms with Crippen LogP contribution in [0, 0.1) is 0 Å². The van der Waals surface area contributed by atoms with E-state index in [9.17, 15) is 9.90 Å². The molecule has 3 nitrogen and oxygen atoms in total. The second-order valence-corrected chi connectivity index (χ2v) is 3.50. The van der Waals surface area contributed by atoms with Gasteiger partial charge in [-0.05, 0) is 13.0 Å². The van der Waals surface area contributed by atoms with Crippen molar-refractivity contribution in [1.82, 2.24) is 0 Å². The Morgan fingerprint density at radius 2 is 2.15 bits per heavy atom. The van der Waals surface area contributed by atoms with E-state index in [2.05, 4.69) is 12.6 Å². The quantitative estimate of drug-likeness (QED) is 0.638. The predicted molar refractivity (Wildman–Crippen MR) is 52.5 cm³/mol. The first-order valence-electron chi connectivity index (χ1n) is 3.77. The molecule has 0 aliphatic rings. The Kier molecular flexibility index (Phi) is 2.83. The van der Waals surface area contributed by atoms with Crippen LogP contribution in [0.5, 0.6) is 5.75 Å². The maximum atomic E-state index is 10.6. The molecule has 0 bridgehead atoms. The van der Waals surface area contributed by atoms with Crippen LogP contribution in [0.25, 0.3) is 0 Å². The third kappa shape index (κ3) is 1.95. The van der Waals surface area contributed by atoms with Crippen molar-refractivity contribution in [3.8, 4) is 5.75 Å². The second kappa shape index (κ2) is 3.70. The van der Waals surface area contributed by atoms with Crippen molar-refractivity contribution in [2.45, 2.75) is 12.2 Å². The van der Waals surface area contributed by atoms with Gasteiger partial charge in [-0.1, -0.05) is 12.1 Å². The fourth-order valence-electron chi connectivity index (χ4n) is 1.07. The number of carbonyl (C=O) groups is 1. The lowest BCUT2D eigenvalue weighted by Crippen LogP contribution is -1.99. The van der Waals surface area contributed by atoms with Crippen molar-refractivity contribution in [3.63, 3.8) is 0 Å². The van der Waals surface area contributed by atoms with Gasteiger partial charge >= 0.3 is 5.97 Å². The van der Waals surface area contributed by atoms with Crippen LogP contribution in [0.3, 0.4) is 0 Å². The number of hydrogen-bond donors (Lipinski definition) is 3. The smallest absolute Gasteiger partial charge is 0.339 e. The highest BCUT2D eigenvalue weighted by atomic mass is 32.1. The number of aromatic carboxylic acids is 1. The highest BCUT2D eigenvalue weighted by Crippen LogP contribution is 2.30. The molecule has 1 atom stereocenters. The van der Waals surface area contributed by atoms with E-state index in [1.165, 1.54) is 6.07 Å². The fourth-order valence-corrected chi connectivity index (χ4v) is 1.28. The van der Waals surface area contributed by atoms with Crippen LogP contribution in [0.15, 0.2) is 18.2 Å². The third-order valence-corrected chi connectivity index (χ3v) is 2.03. The number of phenols is 1. The van der Waals surface area contributed by atoms with Crippen molar-refractivity contribution >= 4 is 18.6 Å². The molecule has 0 aliphatic carbocycles. The molecule has 1 aromatic rings. The Hall–Kier alpha value is -1.16. The van der Waals surface area contributed by atoms with Crippen molar-refractivity contribution in [1.29, 1.82) is 0 Å². The van der Waals surface area contributed by atoms with Crippen LogP contribution in [0.2, 0.25) is 0 Å². The molecule has 1 unspecified atom stereocenters. The summed E-state index contributed by atoms with van der Waals surface area (Å²) < 4.78 is 0. The standard InChI is InChI=1S/C9H10O3S/c1-5(13)6-3-2-4-7(8(6)10)9(11)12/h2-5,10,13H,1H3,(H,11,12). The van der Waals surface area contributed by atoms with E-state index < -0.39 is 5.97 Å². The molecule has 0 spiro atoms. The molecule has 2 N–H and O–H groups in total. The van der Waals surface area contributed by atoms with Gasteiger partial charge in [0.2, 0.25) is 0 Å². The van der Waals surface area contributed by atoms with Crippen LogP contribution in [-0.4, -0.2) is 16.2 Å². The molecular formula is C9H10O3S. The number of benzene rings is 1. The Balaban J connectivity index is 3.26. The summed E-state index contributed by atoms with van der Waals surface area (Å²) in [5, 5.41) is 18.0. The molecule has 0 saturated heterocycles. The van der Waals surface area contributed by atoms with Crippen molar-refractivity contribution in [2.75, 3.05) is 0 Å². The number of thiol groups is 1. The van der Waals surface area contributed by atoms with Gasteiger partial charge < -0.3 is 10.2 Å². The minimum Gasteiger partial charge on any atom is -0.507 e. The third-order valence-electron chi connectivity index (χ3n) is 1.75. The lowest BCUT2D eigenvalue weighted by molar-refractivity contribution is 0.0693. The maximum absolute atomic E-state index is 10.6. The summed E-state index contributed by atoms with van der Waals surface area (Å²) in [5.74, 6) is -1.33. The Morgan fingerprint density at radius 3 is 2.62 bits per heavy atom. The van der Waals surface area contributed by atoms with E-state index >= 15 is 0 Å². The Bertz CT molecular complexity index is 334. The maximum Gasteiger partial charge on any atom is 0.339 e. The molecule has 13 heavy (non-hydrogen) atoms. The number of rotatable bonds is 2. The molecule has 0 radical (unpaired) electrons. The topological polar surface area (TPSA) is 57.5 Å². The summed E-state index contributed by atoms with van der Waals surface area (Å²) >= 11 is 4.12. The van der Waals surface area contributed by atoms with Crippen LogP contribution >= 0.6 is 12.6 Å². The van der Waals surface area contributed by atoms with Gasteiger partial charge in [0.05, 0.1) is 0 Å². The van der Waals surface area contributed by atoms with Crippen LogP contribution < -0.4 is 0 Å². The van der Waals surface area contributed by atoms with Gasteiger partial charge in [0.1, 0.15) is 11.3 Å². The van der Waals surface area contributed by atoms with Gasteiger partial charge in [-0.2, -0.15) is 12.6 Å². The minimum absolute atomic E-state index is 0.0848. The molecule has 1 aromatic carbocycles. The van der Waals surface area contributed by atoms with Gasteiger partial charge in [0, 0.05) is 10.8 Å². The molecule has 0 fully saturated rings. The lowest BCUT2D eigenvalue weighted by Gasteiger charge is -2.08. The Morgan fingerprint density at radius 1 is 1.54 bits per heavy atom. The molecule has 0 aliphatic heterocycles. The predicted octanol–water partition coefficient (Wildman–Crippen LogP) is 2.08. The molecule has 0 saturated carbocycles. The minimum atomic E-state index is -1.13. The molecule has 70 valence electrons. The number of hydrogen-bond acceptors (Lipinski definition) is 3. The Labute approximate surface area is 81.4 Å². The molecule has 1 rings (SSSR count). The summed E-state index contributed by atoms with van der Waals surface area (Å²) in [6, 6.07) is 4.60. The zero-order chi connectivity index (χ0) is 10.0. The summed E-state index contributed by atoms with van der Waals surface area (Å²) in [7, 11) is 0. The van der Waals surface area contributed by atoms with Gasteiger partial charge in [-0.15, -0.1) is 0 Å². The highest BCUT2D eigenvalue weighted by Gasteiger charge is 2.14. The monoisotopic (exact) mass is 198 g/mol. The van der Waals surface area contributed by atoms with Crippen LogP contribution in [-0.2, 0) is 0 Å². The van der Waals surface area contributed by atoms with E-state index in [4.69, 9.17) is 5.11 Å². The molecule has 4 heteroatoms. The largest absolute Gasteiger partial charge is 0.507 e. The zero-order valence-electron chi connectivity index (χ0n) is 7.06. The van der Waals surface area contributed by atoms with Gasteiger partial charge in [-0.25, -0.2) is 4.79 Å². The lowest BCUT2D eigenvalue weighted by atomic mass is 10.1. The van der Waals surface area contributed by atoms with E-state index in [1.807, 2.05) is 0 Å². The SMILES string of the molecule is CC(S)c1cccc(C(=O)O)c1O. The first-order valence-corrected chi connectivity index (χ1v) is 4.29. The van der Waals surface area contributed by atoms with Crippen molar-refractivity contribution < 1.29 is 15.0 Å². The number of carboxylic acid groups (broad SMARTS) is 1. The number of para-hydroxylation sites is 1. The van der Waals surface area contributed by atoms with Crippen LogP contribution in [0.1, 0.15) is 28.1 Å². The fraction of sp³-hybridized carbons (Fsp3) is 0.222. The molecular weight excluding hydrogens is 188 g/mol. The average Bonchev–Trinajstić information content (AvgIpc) is 2.03. The first kappa shape index (κ1) is 9.92. The normalized spacial score (nSPS) is 12.5. The van der Waals surface area contributed by atoms with Crippen LogP contribution in [0.4, 0.5) is 0 Å². The molecule has 0 heterocycles. The van der Waals surface area contributed by atoms with E-state index in [0.717, 1.165) is 0 Å². The van der Waals surface area contributed by atoms with Gasteiger partial charge in [-0.3, -0.25) is 0 Å². The molecule has 0 amide bonds. The summed E-state index contributed by atoms with van der Waals surface area (Å²) in [5.41, 5.74) is 0.446. The van der Waals surface area contributed by atoms with E-state index in [0.29, 0.717) is 5.56 Å². The van der Waals surface area contributed by atoms with Crippen molar-refractivity contribution in [3.05, 3.63) is 29.3 Å². The number of carboxylic acids is 1. The van der Waals surface area contributed by atoms with E-state index in [-0.39, 0.29) is 16.6 Å². The number of aromatic hydroxyl groups is 1. The second-order valence-electron chi connectivity index (χ2n) is 2.72. The summed E-state index contributed by atoms with van der Waals surface area (Å²) in [4.78, 5) is 10.6. The van der Waals surface area contributed by atoms with Gasteiger partial charge in [0.15, 0.2) is 0 Å². The van der Waals surface area contributed by atoms with Crippen molar-refractivity contribution in [2.24, 2.45) is 0 Å².